The van der Waals surface area contributed by atoms with E-state index in [1.54, 1.807) is 0 Å². The molecule has 0 spiro atoms. The summed E-state index contributed by atoms with van der Waals surface area (Å²) < 4.78 is 26.4. The molecule has 0 heterocycles. The van der Waals surface area contributed by atoms with Gasteiger partial charge in [0.25, 0.3) is 0 Å². The minimum atomic E-state index is -2.63. The number of carbonyl (C=O) groups excluding carboxylic acids is 1. The molecule has 2 atom stereocenters. The van der Waals surface area contributed by atoms with Crippen LogP contribution in [0.3, 0.4) is 0 Å². The van der Waals surface area contributed by atoms with Crippen LogP contribution in [-0.4, -0.2) is 35.1 Å². The lowest BCUT2D eigenvalue weighted by molar-refractivity contribution is -0.129. The van der Waals surface area contributed by atoms with Crippen LogP contribution in [0.15, 0.2) is 0 Å². The lowest BCUT2D eigenvalue weighted by atomic mass is 9.71. The van der Waals surface area contributed by atoms with Crippen LogP contribution in [0.4, 0.5) is 13.6 Å². The van der Waals surface area contributed by atoms with Gasteiger partial charge >= 0.3 is 6.09 Å². The molecule has 0 aromatic heterocycles. The van der Waals surface area contributed by atoms with Gasteiger partial charge in [-0.1, -0.05) is 13.8 Å². The summed E-state index contributed by atoms with van der Waals surface area (Å²) in [4.78, 5) is 23.3. The zero-order valence-corrected chi connectivity index (χ0v) is 14.6. The van der Waals surface area contributed by atoms with Crippen LogP contribution in [0, 0.1) is 17.3 Å². The van der Waals surface area contributed by atoms with Gasteiger partial charge in [-0.25, -0.2) is 13.6 Å². The highest BCUT2D eigenvalue weighted by Crippen LogP contribution is 2.49. The van der Waals surface area contributed by atoms with Gasteiger partial charge in [0.05, 0.1) is 0 Å². The van der Waals surface area contributed by atoms with Crippen LogP contribution >= 0.6 is 0 Å². The molecule has 24 heavy (non-hydrogen) atoms. The van der Waals surface area contributed by atoms with Crippen molar-refractivity contribution < 1.29 is 23.5 Å². The number of hydrogen-bond acceptors (Lipinski definition) is 2. The van der Waals surface area contributed by atoms with E-state index in [9.17, 15) is 18.4 Å². The summed E-state index contributed by atoms with van der Waals surface area (Å²) in [5.41, 5.74) is -0.848. The molecule has 3 N–H and O–H groups in total. The van der Waals surface area contributed by atoms with Crippen molar-refractivity contribution in [2.45, 2.75) is 70.8 Å². The Morgan fingerprint density at radius 1 is 1.08 bits per heavy atom. The predicted octanol–water partition coefficient (Wildman–Crippen LogP) is 3.39. The summed E-state index contributed by atoms with van der Waals surface area (Å²) in [7, 11) is 0. The van der Waals surface area contributed by atoms with Gasteiger partial charge in [0.1, 0.15) is 0 Å². The van der Waals surface area contributed by atoms with Crippen molar-refractivity contribution in [3.63, 3.8) is 0 Å². The maximum absolute atomic E-state index is 13.2. The number of amides is 2. The van der Waals surface area contributed by atoms with Gasteiger partial charge in [-0.15, -0.1) is 0 Å². The van der Waals surface area contributed by atoms with Gasteiger partial charge < -0.3 is 15.7 Å². The molecule has 0 radical (unpaired) electrons. The van der Waals surface area contributed by atoms with E-state index in [1.165, 1.54) is 0 Å². The molecule has 2 fully saturated rings. The molecule has 2 aliphatic carbocycles. The van der Waals surface area contributed by atoms with Crippen molar-refractivity contribution in [2.24, 2.45) is 17.3 Å². The molecular formula is C17H28F2N2O3. The molecule has 0 saturated heterocycles. The SMILES string of the molecule is CC1(C)[C@@H](CNC(=O)C2CCC(F)(F)CC2)CC[C@@]1(C)NC(=O)O. The molecule has 2 amide bonds. The maximum Gasteiger partial charge on any atom is 0.405 e. The highest BCUT2D eigenvalue weighted by atomic mass is 19.3. The first-order valence-corrected chi connectivity index (χ1v) is 8.63. The Labute approximate surface area is 141 Å². The van der Waals surface area contributed by atoms with E-state index in [0.29, 0.717) is 13.0 Å². The lowest BCUT2D eigenvalue weighted by Crippen LogP contribution is -2.55. The second-order valence-electron chi connectivity index (χ2n) is 8.09. The van der Waals surface area contributed by atoms with Gasteiger partial charge in [-0.05, 0) is 43.9 Å². The van der Waals surface area contributed by atoms with Crippen LogP contribution in [0.1, 0.15) is 59.3 Å². The zero-order chi connectivity index (χ0) is 18.2. The fourth-order valence-corrected chi connectivity index (χ4v) is 4.08. The van der Waals surface area contributed by atoms with Gasteiger partial charge in [-0.3, -0.25) is 4.79 Å². The fraction of sp³-hybridized carbons (Fsp3) is 0.882. The van der Waals surface area contributed by atoms with Crippen LogP contribution in [0.5, 0.6) is 0 Å². The van der Waals surface area contributed by atoms with E-state index in [2.05, 4.69) is 10.6 Å². The summed E-state index contributed by atoms with van der Waals surface area (Å²) >= 11 is 0. The Bertz CT molecular complexity index is 500. The van der Waals surface area contributed by atoms with Crippen molar-refractivity contribution in [3.8, 4) is 0 Å². The Balaban J connectivity index is 1.88. The number of carbonyl (C=O) groups is 2. The second-order valence-corrected chi connectivity index (χ2v) is 8.09. The topological polar surface area (TPSA) is 78.4 Å². The average Bonchev–Trinajstić information content (AvgIpc) is 2.66. The maximum atomic E-state index is 13.2. The van der Waals surface area contributed by atoms with Crippen LogP contribution in [0.2, 0.25) is 0 Å². The molecule has 0 aromatic carbocycles. The molecule has 2 rings (SSSR count). The van der Waals surface area contributed by atoms with Crippen LogP contribution in [0.25, 0.3) is 0 Å². The molecule has 2 aliphatic rings. The molecule has 7 heteroatoms. The summed E-state index contributed by atoms with van der Waals surface area (Å²) in [5.74, 6) is -2.98. The third-order valence-corrected chi connectivity index (χ3v) is 6.43. The smallest absolute Gasteiger partial charge is 0.405 e. The molecule has 5 nitrogen and oxygen atoms in total. The summed E-state index contributed by atoms with van der Waals surface area (Å²) in [6, 6.07) is 0. The van der Waals surface area contributed by atoms with Gasteiger partial charge in [-0.2, -0.15) is 0 Å². The normalized spacial score (nSPS) is 32.3. The molecular weight excluding hydrogens is 318 g/mol. The Hall–Kier alpha value is -1.40. The first-order valence-electron chi connectivity index (χ1n) is 8.63. The van der Waals surface area contributed by atoms with E-state index in [0.717, 1.165) is 6.42 Å². The van der Waals surface area contributed by atoms with E-state index in [4.69, 9.17) is 5.11 Å². The molecule has 2 saturated carbocycles. The first kappa shape index (κ1) is 18.9. The molecule has 0 aliphatic heterocycles. The molecule has 0 unspecified atom stereocenters. The largest absolute Gasteiger partial charge is 0.465 e. The van der Waals surface area contributed by atoms with Crippen LogP contribution in [-0.2, 0) is 4.79 Å². The molecule has 0 bridgehead atoms. The van der Waals surface area contributed by atoms with Crippen molar-refractivity contribution in [1.82, 2.24) is 10.6 Å². The number of hydrogen-bond donors (Lipinski definition) is 3. The standard InChI is InChI=1S/C17H28F2N2O3/c1-15(2)12(6-7-16(15,3)21-14(23)24)10-20-13(22)11-4-8-17(18,19)9-5-11/h11-12,21H,4-10H2,1-3H3,(H,20,22)(H,23,24)/t12-,16-/m1/s1. The quantitative estimate of drug-likeness (QED) is 0.730. The third kappa shape index (κ3) is 3.81. The fourth-order valence-electron chi connectivity index (χ4n) is 4.08. The van der Waals surface area contributed by atoms with Crippen molar-refractivity contribution in [1.29, 1.82) is 0 Å². The molecule has 138 valence electrons. The minimum Gasteiger partial charge on any atom is -0.465 e. The lowest BCUT2D eigenvalue weighted by Gasteiger charge is -2.41. The summed E-state index contributed by atoms with van der Waals surface area (Å²) in [6.07, 6.45) is 0.491. The summed E-state index contributed by atoms with van der Waals surface area (Å²) in [5, 5.41) is 14.6. The Morgan fingerprint density at radius 3 is 2.21 bits per heavy atom. The first-order chi connectivity index (χ1) is 11.0. The van der Waals surface area contributed by atoms with E-state index in [1.807, 2.05) is 20.8 Å². The number of carboxylic acid groups (broad SMARTS) is 1. The molecule has 0 aromatic rings. The van der Waals surface area contributed by atoms with E-state index < -0.39 is 17.6 Å². The number of halogens is 2. The average molecular weight is 346 g/mol. The summed E-state index contributed by atoms with van der Waals surface area (Å²) in [6.45, 7) is 6.36. The zero-order valence-electron chi connectivity index (χ0n) is 14.6. The van der Waals surface area contributed by atoms with Gasteiger partial charge in [0.15, 0.2) is 0 Å². The number of rotatable bonds is 4. The third-order valence-electron chi connectivity index (χ3n) is 6.43. The monoisotopic (exact) mass is 346 g/mol. The van der Waals surface area contributed by atoms with Crippen molar-refractivity contribution in [3.05, 3.63) is 0 Å². The number of nitrogens with one attached hydrogen (secondary N) is 2. The van der Waals surface area contributed by atoms with Gasteiger partial charge in [0.2, 0.25) is 11.8 Å². The second kappa shape index (κ2) is 6.48. The van der Waals surface area contributed by atoms with Crippen LogP contribution < -0.4 is 10.6 Å². The van der Waals surface area contributed by atoms with Crippen molar-refractivity contribution in [2.75, 3.05) is 6.54 Å². The van der Waals surface area contributed by atoms with E-state index >= 15 is 0 Å². The van der Waals surface area contributed by atoms with Gasteiger partial charge in [0, 0.05) is 30.8 Å². The highest BCUT2D eigenvalue weighted by Gasteiger charge is 2.52. The number of alkyl halides is 2. The predicted molar refractivity (Wildman–Crippen MR) is 86.0 cm³/mol. The highest BCUT2D eigenvalue weighted by molar-refractivity contribution is 5.78. The van der Waals surface area contributed by atoms with E-state index in [-0.39, 0.29) is 48.8 Å². The Morgan fingerprint density at radius 2 is 1.67 bits per heavy atom. The van der Waals surface area contributed by atoms with Crippen molar-refractivity contribution >= 4 is 12.0 Å². The Kier molecular flexibility index (Phi) is 5.11. The minimum absolute atomic E-state index is 0.142.